The molecule has 0 atom stereocenters. The van der Waals surface area contributed by atoms with E-state index in [1.165, 1.54) is 12.1 Å². The second-order valence-electron chi connectivity index (χ2n) is 6.16. The number of halogens is 3. The first-order valence-electron chi connectivity index (χ1n) is 7.71. The van der Waals surface area contributed by atoms with Crippen molar-refractivity contribution in [2.45, 2.75) is 44.9 Å². The Morgan fingerprint density at radius 2 is 1.64 bits per heavy atom. The molecular formula is C18H19F3O. The first-order chi connectivity index (χ1) is 10.4. The van der Waals surface area contributed by atoms with Gasteiger partial charge in [0, 0.05) is 0 Å². The molecule has 0 N–H and O–H groups in total. The van der Waals surface area contributed by atoms with Crippen LogP contribution in [0.1, 0.15) is 38.2 Å². The lowest BCUT2D eigenvalue weighted by Gasteiger charge is -2.28. The number of hydrogen-bond donors (Lipinski definition) is 0. The molecule has 0 saturated heterocycles. The quantitative estimate of drug-likeness (QED) is 0.679. The maximum Gasteiger partial charge on any atom is 0.420 e. The molecule has 1 nitrogen and oxygen atoms in total. The summed E-state index contributed by atoms with van der Waals surface area (Å²) in [7, 11) is 0. The van der Waals surface area contributed by atoms with Crippen LogP contribution in [-0.4, -0.2) is 6.10 Å². The molecule has 22 heavy (non-hydrogen) atoms. The SMILES string of the molecule is CC1CCC(Oc2ccc3ccccc3c2C(F)(F)F)CC1. The minimum atomic E-state index is -4.42. The van der Waals surface area contributed by atoms with Gasteiger partial charge in [-0.05, 0) is 48.4 Å². The number of rotatable bonds is 2. The third-order valence-corrected chi connectivity index (χ3v) is 4.43. The van der Waals surface area contributed by atoms with Gasteiger partial charge in [-0.3, -0.25) is 0 Å². The third-order valence-electron chi connectivity index (χ3n) is 4.43. The van der Waals surface area contributed by atoms with Crippen LogP contribution in [0.4, 0.5) is 13.2 Å². The summed E-state index contributed by atoms with van der Waals surface area (Å²) in [6.45, 7) is 2.17. The zero-order chi connectivity index (χ0) is 15.7. The molecule has 0 amide bonds. The Labute approximate surface area is 128 Å². The van der Waals surface area contributed by atoms with Crippen LogP contribution >= 0.6 is 0 Å². The van der Waals surface area contributed by atoms with E-state index in [1.807, 2.05) is 0 Å². The predicted molar refractivity (Wildman–Crippen MR) is 81.0 cm³/mol. The molecule has 0 aliphatic heterocycles. The summed E-state index contributed by atoms with van der Waals surface area (Å²) >= 11 is 0. The van der Waals surface area contributed by atoms with Crippen LogP contribution < -0.4 is 4.74 Å². The summed E-state index contributed by atoms with van der Waals surface area (Å²) < 4.78 is 46.3. The number of fused-ring (bicyclic) bond motifs is 1. The minimum absolute atomic E-state index is 0.0363. The molecule has 0 unspecified atom stereocenters. The maximum atomic E-state index is 13.5. The van der Waals surface area contributed by atoms with Crippen molar-refractivity contribution in [2.24, 2.45) is 5.92 Å². The lowest BCUT2D eigenvalue weighted by atomic mass is 9.89. The summed E-state index contributed by atoms with van der Waals surface area (Å²) in [6.07, 6.45) is -0.855. The Hall–Kier alpha value is -1.71. The topological polar surface area (TPSA) is 9.23 Å². The molecular weight excluding hydrogens is 289 g/mol. The van der Waals surface area contributed by atoms with Crippen molar-refractivity contribution in [1.29, 1.82) is 0 Å². The Balaban J connectivity index is 1.98. The van der Waals surface area contributed by atoms with Crippen LogP contribution in [0.2, 0.25) is 0 Å². The van der Waals surface area contributed by atoms with Crippen LogP contribution in [0.5, 0.6) is 5.75 Å². The molecule has 3 rings (SSSR count). The Bertz CT molecular complexity index is 655. The van der Waals surface area contributed by atoms with E-state index < -0.39 is 11.7 Å². The highest BCUT2D eigenvalue weighted by Gasteiger charge is 2.37. The van der Waals surface area contributed by atoms with Gasteiger partial charge in [-0.2, -0.15) is 13.2 Å². The van der Waals surface area contributed by atoms with E-state index in [9.17, 15) is 13.2 Å². The zero-order valence-electron chi connectivity index (χ0n) is 12.5. The van der Waals surface area contributed by atoms with E-state index in [1.54, 1.807) is 24.3 Å². The van der Waals surface area contributed by atoms with Crippen LogP contribution in [0.15, 0.2) is 36.4 Å². The Morgan fingerprint density at radius 3 is 2.32 bits per heavy atom. The highest BCUT2D eigenvalue weighted by molar-refractivity contribution is 5.88. The second-order valence-corrected chi connectivity index (χ2v) is 6.16. The summed E-state index contributed by atoms with van der Waals surface area (Å²) in [5.41, 5.74) is -0.649. The molecule has 0 heterocycles. The molecule has 1 fully saturated rings. The molecule has 1 aliphatic carbocycles. The lowest BCUT2D eigenvalue weighted by molar-refractivity contribution is -0.138. The highest BCUT2D eigenvalue weighted by atomic mass is 19.4. The molecule has 1 aliphatic rings. The molecule has 0 spiro atoms. The van der Waals surface area contributed by atoms with Gasteiger partial charge < -0.3 is 4.74 Å². The monoisotopic (exact) mass is 308 g/mol. The van der Waals surface area contributed by atoms with E-state index >= 15 is 0 Å². The lowest BCUT2D eigenvalue weighted by Crippen LogP contribution is -2.24. The molecule has 0 bridgehead atoms. The van der Waals surface area contributed by atoms with Gasteiger partial charge in [0.05, 0.1) is 6.10 Å². The summed E-state index contributed by atoms with van der Waals surface area (Å²) in [5.74, 6) is 0.601. The van der Waals surface area contributed by atoms with Gasteiger partial charge in [0.25, 0.3) is 0 Å². The third kappa shape index (κ3) is 3.06. The summed E-state index contributed by atoms with van der Waals surface area (Å²) in [6, 6.07) is 9.73. The van der Waals surface area contributed by atoms with Gasteiger partial charge in [0.15, 0.2) is 0 Å². The van der Waals surface area contributed by atoms with Crippen molar-refractivity contribution in [3.05, 3.63) is 42.0 Å². The molecule has 0 aromatic heterocycles. The Kier molecular flexibility index (Phi) is 4.02. The van der Waals surface area contributed by atoms with Crippen molar-refractivity contribution >= 4 is 10.8 Å². The minimum Gasteiger partial charge on any atom is -0.490 e. The fourth-order valence-corrected chi connectivity index (χ4v) is 3.17. The number of hydrogen-bond acceptors (Lipinski definition) is 1. The largest absolute Gasteiger partial charge is 0.490 e. The molecule has 1 saturated carbocycles. The molecule has 2 aromatic carbocycles. The molecule has 0 radical (unpaired) electrons. The number of benzene rings is 2. The zero-order valence-corrected chi connectivity index (χ0v) is 12.5. The smallest absolute Gasteiger partial charge is 0.420 e. The second kappa shape index (κ2) is 5.82. The average Bonchev–Trinajstić information content (AvgIpc) is 2.48. The van der Waals surface area contributed by atoms with Crippen LogP contribution in [0.3, 0.4) is 0 Å². The highest BCUT2D eigenvalue weighted by Crippen LogP contribution is 2.42. The van der Waals surface area contributed by atoms with Gasteiger partial charge in [-0.15, -0.1) is 0 Å². The molecule has 118 valence electrons. The average molecular weight is 308 g/mol. The van der Waals surface area contributed by atoms with E-state index in [2.05, 4.69) is 6.92 Å². The van der Waals surface area contributed by atoms with Gasteiger partial charge >= 0.3 is 6.18 Å². The molecule has 4 heteroatoms. The van der Waals surface area contributed by atoms with Gasteiger partial charge in [-0.25, -0.2) is 0 Å². The first kappa shape index (κ1) is 15.2. The maximum absolute atomic E-state index is 13.5. The number of alkyl halides is 3. The first-order valence-corrected chi connectivity index (χ1v) is 7.71. The molecule has 2 aromatic rings. The van der Waals surface area contributed by atoms with Crippen LogP contribution in [-0.2, 0) is 6.18 Å². The van der Waals surface area contributed by atoms with Gasteiger partial charge in [0.2, 0.25) is 0 Å². The Morgan fingerprint density at radius 1 is 0.955 bits per heavy atom. The fraction of sp³-hybridized carbons (Fsp3) is 0.444. The van der Waals surface area contributed by atoms with Gasteiger partial charge in [0.1, 0.15) is 11.3 Å². The van der Waals surface area contributed by atoms with E-state index in [0.29, 0.717) is 11.3 Å². The summed E-state index contributed by atoms with van der Waals surface area (Å²) in [4.78, 5) is 0. The van der Waals surface area contributed by atoms with E-state index in [-0.39, 0.29) is 17.2 Å². The normalized spacial score (nSPS) is 22.7. The van der Waals surface area contributed by atoms with Crippen molar-refractivity contribution in [3.8, 4) is 5.75 Å². The van der Waals surface area contributed by atoms with Crippen molar-refractivity contribution in [2.75, 3.05) is 0 Å². The number of ether oxygens (including phenoxy) is 1. The van der Waals surface area contributed by atoms with E-state index in [4.69, 9.17) is 4.74 Å². The van der Waals surface area contributed by atoms with Crippen LogP contribution in [0, 0.1) is 5.92 Å². The van der Waals surface area contributed by atoms with Crippen molar-refractivity contribution in [3.63, 3.8) is 0 Å². The van der Waals surface area contributed by atoms with E-state index in [0.717, 1.165) is 25.7 Å². The van der Waals surface area contributed by atoms with Crippen molar-refractivity contribution in [1.82, 2.24) is 0 Å². The predicted octanol–water partition coefficient (Wildman–Crippen LogP) is 5.82. The van der Waals surface area contributed by atoms with Crippen molar-refractivity contribution < 1.29 is 17.9 Å². The summed E-state index contributed by atoms with van der Waals surface area (Å²) in [5, 5.41) is 0.788. The van der Waals surface area contributed by atoms with Gasteiger partial charge in [-0.1, -0.05) is 37.3 Å². The standard InChI is InChI=1S/C18H19F3O/c1-12-6-9-14(10-7-12)22-16-11-8-13-4-2-3-5-15(13)17(16)18(19,20)21/h2-5,8,11-12,14H,6-7,9-10H2,1H3. The van der Waals surface area contributed by atoms with Crippen LogP contribution in [0.25, 0.3) is 10.8 Å². The fourth-order valence-electron chi connectivity index (χ4n) is 3.17.